The Bertz CT molecular complexity index is 181. The molecule has 4 heteroatoms. The molecule has 0 N–H and O–H groups in total. The Balaban J connectivity index is 3.65. The van der Waals surface area contributed by atoms with Crippen molar-refractivity contribution in [3.8, 4) is 0 Å². The normalized spacial score (nSPS) is 14.5. The van der Waals surface area contributed by atoms with Crippen LogP contribution in [0.2, 0.25) is 12.1 Å². The molecule has 0 heterocycles. The molecule has 0 rings (SSSR count). The van der Waals surface area contributed by atoms with Crippen molar-refractivity contribution in [2.45, 2.75) is 51.2 Å². The van der Waals surface area contributed by atoms with Crippen molar-refractivity contribution < 1.29 is 9.22 Å². The van der Waals surface area contributed by atoms with Crippen LogP contribution < -0.4 is 0 Å². The molecule has 0 aromatic carbocycles. The lowest BCUT2D eigenvalue weighted by molar-refractivity contribution is 0.412. The summed E-state index contributed by atoms with van der Waals surface area (Å²) in [5.41, 5.74) is 0. The Morgan fingerprint density at radius 3 is 2.71 bits per heavy atom. The molecular formula is C10H21NO2Si. The van der Waals surface area contributed by atoms with E-state index in [4.69, 9.17) is 4.43 Å². The van der Waals surface area contributed by atoms with Gasteiger partial charge in [-0.1, -0.05) is 19.8 Å². The minimum absolute atomic E-state index is 0.110. The van der Waals surface area contributed by atoms with Crippen molar-refractivity contribution in [3.05, 3.63) is 0 Å². The Morgan fingerprint density at radius 1 is 1.50 bits per heavy atom. The summed E-state index contributed by atoms with van der Waals surface area (Å²) < 4.78 is 5.48. The lowest BCUT2D eigenvalue weighted by Crippen LogP contribution is -2.17. The zero-order valence-electron chi connectivity index (χ0n) is 9.45. The molecule has 0 bridgehead atoms. The fraction of sp³-hybridized carbons (Fsp3) is 0.900. The first-order chi connectivity index (χ1) is 6.74. The van der Waals surface area contributed by atoms with Gasteiger partial charge < -0.3 is 4.43 Å². The quantitative estimate of drug-likeness (QED) is 0.354. The first-order valence-electron chi connectivity index (χ1n) is 5.34. The molecule has 0 fully saturated rings. The van der Waals surface area contributed by atoms with Crippen LogP contribution >= 0.6 is 0 Å². The van der Waals surface area contributed by atoms with Crippen molar-refractivity contribution in [2.75, 3.05) is 7.11 Å². The molecule has 0 aromatic heterocycles. The maximum Gasteiger partial charge on any atom is 0.235 e. The van der Waals surface area contributed by atoms with E-state index >= 15 is 0 Å². The fourth-order valence-electron chi connectivity index (χ4n) is 1.39. The van der Waals surface area contributed by atoms with Gasteiger partial charge in [-0.15, -0.1) is 0 Å². The predicted octanol–water partition coefficient (Wildman–Crippen LogP) is 2.27. The van der Waals surface area contributed by atoms with Crippen molar-refractivity contribution in [1.29, 1.82) is 0 Å². The number of nitrogens with zero attached hydrogens (tertiary/aromatic N) is 1. The number of unbranched alkanes of at least 4 members (excludes halogenated alkanes) is 1. The second-order valence-electron chi connectivity index (χ2n) is 3.65. The standard InChI is InChI=1S/C10H21NO2Si/c1-4-5-7-14(13-3)8-6-10(2)11-9-12/h10,14H,4-8H2,1-3H3. The summed E-state index contributed by atoms with van der Waals surface area (Å²) in [5.74, 6) is 0. The molecule has 0 radical (unpaired) electrons. The van der Waals surface area contributed by atoms with E-state index in [0.717, 1.165) is 12.5 Å². The highest BCUT2D eigenvalue weighted by molar-refractivity contribution is 6.51. The highest BCUT2D eigenvalue weighted by atomic mass is 28.3. The molecule has 2 unspecified atom stereocenters. The smallest absolute Gasteiger partial charge is 0.235 e. The zero-order chi connectivity index (χ0) is 10.8. The Labute approximate surface area is 88.3 Å². The van der Waals surface area contributed by atoms with E-state index < -0.39 is 9.04 Å². The minimum Gasteiger partial charge on any atom is -0.423 e. The van der Waals surface area contributed by atoms with E-state index in [0.29, 0.717) is 0 Å². The second kappa shape index (κ2) is 9.13. The molecule has 14 heavy (non-hydrogen) atoms. The van der Waals surface area contributed by atoms with Crippen LogP contribution in [0.5, 0.6) is 0 Å². The van der Waals surface area contributed by atoms with Gasteiger partial charge in [0.15, 0.2) is 9.04 Å². The summed E-state index contributed by atoms with van der Waals surface area (Å²) in [7, 11) is 0.804. The van der Waals surface area contributed by atoms with Gasteiger partial charge >= 0.3 is 0 Å². The summed E-state index contributed by atoms with van der Waals surface area (Å²) in [6.45, 7) is 4.15. The van der Waals surface area contributed by atoms with Gasteiger partial charge in [-0.05, 0) is 25.4 Å². The van der Waals surface area contributed by atoms with Gasteiger partial charge in [-0.2, -0.15) is 0 Å². The number of carbonyl (C=O) groups excluding carboxylic acids is 1. The first-order valence-corrected chi connectivity index (χ1v) is 7.44. The molecule has 0 aliphatic carbocycles. The van der Waals surface area contributed by atoms with Crippen molar-refractivity contribution in [1.82, 2.24) is 0 Å². The zero-order valence-corrected chi connectivity index (χ0v) is 10.6. The maximum atomic E-state index is 9.99. The van der Waals surface area contributed by atoms with E-state index in [1.807, 2.05) is 6.92 Å². The van der Waals surface area contributed by atoms with Crippen LogP contribution in [0, 0.1) is 0 Å². The monoisotopic (exact) mass is 215 g/mol. The van der Waals surface area contributed by atoms with E-state index in [9.17, 15) is 4.79 Å². The Kier molecular flexibility index (Phi) is 8.84. The molecule has 82 valence electrons. The first kappa shape index (κ1) is 13.6. The maximum absolute atomic E-state index is 9.99. The van der Waals surface area contributed by atoms with Crippen molar-refractivity contribution in [2.24, 2.45) is 4.99 Å². The van der Waals surface area contributed by atoms with Crippen LogP contribution in [0.25, 0.3) is 0 Å². The number of rotatable bonds is 8. The van der Waals surface area contributed by atoms with Gasteiger partial charge in [0.1, 0.15) is 0 Å². The SMILES string of the molecule is CCCC[SiH](CCC(C)N=C=O)OC. The molecule has 0 saturated carbocycles. The number of isocyanates is 1. The topological polar surface area (TPSA) is 38.7 Å². The minimum atomic E-state index is -1.00. The van der Waals surface area contributed by atoms with Crippen LogP contribution in [-0.4, -0.2) is 28.3 Å². The Morgan fingerprint density at radius 2 is 2.21 bits per heavy atom. The average Bonchev–Trinajstić information content (AvgIpc) is 2.19. The lowest BCUT2D eigenvalue weighted by Gasteiger charge is -2.13. The Hall–Kier alpha value is -0.443. The lowest BCUT2D eigenvalue weighted by atomic mass is 10.3. The van der Waals surface area contributed by atoms with Gasteiger partial charge in [0, 0.05) is 7.11 Å². The molecule has 0 aliphatic heterocycles. The summed E-state index contributed by atoms with van der Waals surface area (Å²) >= 11 is 0. The number of hydrogen-bond acceptors (Lipinski definition) is 3. The van der Waals surface area contributed by atoms with Crippen LogP contribution in [0.1, 0.15) is 33.1 Å². The molecule has 0 spiro atoms. The van der Waals surface area contributed by atoms with Gasteiger partial charge in [-0.3, -0.25) is 0 Å². The molecule has 0 saturated heterocycles. The summed E-state index contributed by atoms with van der Waals surface area (Å²) in [5, 5.41) is 0. The largest absolute Gasteiger partial charge is 0.423 e. The predicted molar refractivity (Wildman–Crippen MR) is 60.9 cm³/mol. The third-order valence-corrected chi connectivity index (χ3v) is 5.09. The van der Waals surface area contributed by atoms with Crippen LogP contribution in [0.15, 0.2) is 4.99 Å². The molecule has 2 atom stereocenters. The summed E-state index contributed by atoms with van der Waals surface area (Å²) in [6.07, 6.45) is 5.06. The van der Waals surface area contributed by atoms with Crippen LogP contribution in [0.3, 0.4) is 0 Å². The molecule has 0 amide bonds. The number of hydrogen-bond donors (Lipinski definition) is 0. The van der Waals surface area contributed by atoms with Crippen LogP contribution in [0.4, 0.5) is 0 Å². The van der Waals surface area contributed by atoms with Crippen molar-refractivity contribution >= 4 is 15.1 Å². The highest BCUT2D eigenvalue weighted by Crippen LogP contribution is 2.11. The fourth-order valence-corrected chi connectivity index (χ4v) is 3.87. The van der Waals surface area contributed by atoms with E-state index in [1.54, 1.807) is 13.2 Å². The van der Waals surface area contributed by atoms with E-state index in [-0.39, 0.29) is 6.04 Å². The van der Waals surface area contributed by atoms with Gasteiger partial charge in [0.2, 0.25) is 6.08 Å². The molecule has 0 aliphatic rings. The summed E-state index contributed by atoms with van der Waals surface area (Å²) in [4.78, 5) is 13.7. The second-order valence-corrected chi connectivity index (χ2v) is 6.52. The highest BCUT2D eigenvalue weighted by Gasteiger charge is 2.11. The molecule has 3 nitrogen and oxygen atoms in total. The van der Waals surface area contributed by atoms with Gasteiger partial charge in [-0.25, -0.2) is 9.79 Å². The third kappa shape index (κ3) is 7.01. The van der Waals surface area contributed by atoms with E-state index in [2.05, 4.69) is 11.9 Å². The van der Waals surface area contributed by atoms with E-state index in [1.165, 1.54) is 18.9 Å². The number of aliphatic imine (C=N–C) groups is 1. The third-order valence-electron chi connectivity index (χ3n) is 2.39. The summed E-state index contributed by atoms with van der Waals surface area (Å²) in [6, 6.07) is 2.46. The van der Waals surface area contributed by atoms with Crippen LogP contribution in [-0.2, 0) is 9.22 Å². The van der Waals surface area contributed by atoms with Crippen molar-refractivity contribution in [3.63, 3.8) is 0 Å². The van der Waals surface area contributed by atoms with Gasteiger partial charge in [0.25, 0.3) is 0 Å². The molecular weight excluding hydrogens is 194 g/mol. The van der Waals surface area contributed by atoms with Gasteiger partial charge in [0.05, 0.1) is 6.04 Å². The average molecular weight is 215 g/mol. The molecule has 0 aromatic rings.